The molecule has 1 aliphatic heterocycles. The van der Waals surface area contributed by atoms with Crippen molar-refractivity contribution in [3.8, 4) is 0 Å². The zero-order chi connectivity index (χ0) is 14.3. The van der Waals surface area contributed by atoms with Gasteiger partial charge in [0.1, 0.15) is 5.41 Å². The maximum atomic E-state index is 12.0. The lowest BCUT2D eigenvalue weighted by atomic mass is 10.1. The molecule has 0 radical (unpaired) electrons. The monoisotopic (exact) mass is 292 g/mol. The Bertz CT molecular complexity index is 625. The molecule has 0 unspecified atom stereocenters. The maximum absolute atomic E-state index is 12.0. The number of carboxylic acid groups (broad SMARTS) is 1. The minimum absolute atomic E-state index is 0.0878. The summed E-state index contributed by atoms with van der Waals surface area (Å²) in [6.07, 6.45) is 0.734. The number of thioether (sulfide) groups is 1. The summed E-state index contributed by atoms with van der Waals surface area (Å²) in [5.74, 6) is -1.30. The highest BCUT2D eigenvalue weighted by Crippen LogP contribution is 2.47. The van der Waals surface area contributed by atoms with Crippen LogP contribution in [0.15, 0.2) is 23.1 Å². The Labute approximate surface area is 118 Å². The second-order valence-electron chi connectivity index (χ2n) is 4.89. The number of hydrogen-bond donors (Lipinski definition) is 3. The Hall–Kier alpha value is -2.02. The van der Waals surface area contributed by atoms with E-state index in [9.17, 15) is 14.4 Å². The summed E-state index contributed by atoms with van der Waals surface area (Å²) in [6.45, 7) is 0. The zero-order valence-corrected chi connectivity index (χ0v) is 11.3. The number of fused-ring (bicyclic) bond motifs is 1. The minimum Gasteiger partial charge on any atom is -0.480 e. The van der Waals surface area contributed by atoms with E-state index in [0.29, 0.717) is 30.0 Å². The first-order chi connectivity index (χ1) is 9.51. The van der Waals surface area contributed by atoms with E-state index in [2.05, 4.69) is 10.6 Å². The highest BCUT2D eigenvalue weighted by atomic mass is 32.2. The summed E-state index contributed by atoms with van der Waals surface area (Å²) in [6, 6.07) is 5.16. The Balaban J connectivity index is 1.79. The molecular weight excluding hydrogens is 280 g/mol. The van der Waals surface area contributed by atoms with Crippen LogP contribution in [-0.4, -0.2) is 28.6 Å². The van der Waals surface area contributed by atoms with Gasteiger partial charge in [-0.05, 0) is 31.0 Å². The average Bonchev–Trinajstić information content (AvgIpc) is 3.19. The van der Waals surface area contributed by atoms with Gasteiger partial charge in [0.05, 0.1) is 11.4 Å². The van der Waals surface area contributed by atoms with Crippen molar-refractivity contribution < 1.29 is 19.5 Å². The van der Waals surface area contributed by atoms with Crippen LogP contribution in [-0.2, 0) is 14.4 Å². The molecular formula is C13H12N2O4S. The number of hydrogen-bond acceptors (Lipinski definition) is 4. The molecule has 1 aromatic carbocycles. The highest BCUT2D eigenvalue weighted by molar-refractivity contribution is 8.00. The van der Waals surface area contributed by atoms with Gasteiger partial charge in [-0.1, -0.05) is 0 Å². The third-order valence-corrected chi connectivity index (χ3v) is 4.54. The molecule has 0 saturated heterocycles. The van der Waals surface area contributed by atoms with E-state index in [1.807, 2.05) is 0 Å². The minimum atomic E-state index is -1.27. The quantitative estimate of drug-likeness (QED) is 0.734. The molecule has 3 rings (SSSR count). The molecule has 6 nitrogen and oxygen atoms in total. The molecule has 1 fully saturated rings. The predicted molar refractivity (Wildman–Crippen MR) is 73.7 cm³/mol. The first kappa shape index (κ1) is 13.0. The molecule has 0 atom stereocenters. The van der Waals surface area contributed by atoms with Crippen LogP contribution in [0.4, 0.5) is 11.4 Å². The fourth-order valence-electron chi connectivity index (χ4n) is 2.07. The van der Waals surface area contributed by atoms with Crippen LogP contribution in [0.2, 0.25) is 0 Å². The van der Waals surface area contributed by atoms with Crippen LogP contribution in [0.1, 0.15) is 12.8 Å². The molecule has 104 valence electrons. The summed E-state index contributed by atoms with van der Waals surface area (Å²) >= 11 is 1.43. The Morgan fingerprint density at radius 2 is 2.10 bits per heavy atom. The number of aliphatic carboxylic acids is 1. The number of amides is 2. The largest absolute Gasteiger partial charge is 0.480 e. The van der Waals surface area contributed by atoms with Crippen molar-refractivity contribution >= 4 is 40.9 Å². The van der Waals surface area contributed by atoms with Crippen molar-refractivity contribution in [3.63, 3.8) is 0 Å². The van der Waals surface area contributed by atoms with Gasteiger partial charge in [-0.25, -0.2) is 0 Å². The topological polar surface area (TPSA) is 95.5 Å². The zero-order valence-electron chi connectivity index (χ0n) is 10.4. The summed E-state index contributed by atoms with van der Waals surface area (Å²) in [4.78, 5) is 35.3. The lowest BCUT2D eigenvalue weighted by molar-refractivity contribution is -0.147. The second-order valence-corrected chi connectivity index (χ2v) is 5.91. The van der Waals surface area contributed by atoms with Gasteiger partial charge in [-0.2, -0.15) is 0 Å². The SMILES string of the molecule is O=C1CSc2ccc(NC(=O)C3(C(=O)O)CC3)cc2N1. The van der Waals surface area contributed by atoms with E-state index in [1.165, 1.54) is 11.8 Å². The molecule has 1 aliphatic carbocycles. The maximum Gasteiger partial charge on any atom is 0.319 e. The van der Waals surface area contributed by atoms with E-state index >= 15 is 0 Å². The van der Waals surface area contributed by atoms with Crippen molar-refractivity contribution in [2.45, 2.75) is 17.7 Å². The third-order valence-electron chi connectivity index (χ3n) is 3.46. The van der Waals surface area contributed by atoms with Crippen molar-refractivity contribution in [1.29, 1.82) is 0 Å². The summed E-state index contributed by atoms with van der Waals surface area (Å²) in [5.41, 5.74) is -0.137. The van der Waals surface area contributed by atoms with Crippen LogP contribution < -0.4 is 10.6 Å². The van der Waals surface area contributed by atoms with E-state index in [0.717, 1.165) is 4.90 Å². The van der Waals surface area contributed by atoms with E-state index in [4.69, 9.17) is 5.11 Å². The standard InChI is InChI=1S/C13H12N2O4S/c16-10-6-20-9-2-1-7(5-8(9)15-10)14-11(17)13(3-4-13)12(18)19/h1-2,5H,3-4,6H2,(H,14,17)(H,15,16)(H,18,19). The molecule has 2 amide bonds. The number of carbonyl (C=O) groups is 3. The number of benzene rings is 1. The summed E-state index contributed by atoms with van der Waals surface area (Å²) < 4.78 is 0. The van der Waals surface area contributed by atoms with Gasteiger partial charge >= 0.3 is 5.97 Å². The molecule has 20 heavy (non-hydrogen) atoms. The van der Waals surface area contributed by atoms with Crippen molar-refractivity contribution in [2.75, 3.05) is 16.4 Å². The van der Waals surface area contributed by atoms with Crippen LogP contribution in [0.25, 0.3) is 0 Å². The highest BCUT2D eigenvalue weighted by Gasteiger charge is 2.57. The number of anilines is 2. The van der Waals surface area contributed by atoms with E-state index in [-0.39, 0.29) is 5.91 Å². The molecule has 1 heterocycles. The Morgan fingerprint density at radius 3 is 2.75 bits per heavy atom. The lowest BCUT2D eigenvalue weighted by Crippen LogP contribution is -2.31. The van der Waals surface area contributed by atoms with Crippen LogP contribution in [0.5, 0.6) is 0 Å². The van der Waals surface area contributed by atoms with Crippen molar-refractivity contribution in [1.82, 2.24) is 0 Å². The Kier molecular flexibility index (Phi) is 2.93. The molecule has 3 N–H and O–H groups in total. The van der Waals surface area contributed by atoms with Gasteiger partial charge in [-0.15, -0.1) is 11.8 Å². The molecule has 1 saturated carbocycles. The molecule has 1 aromatic rings. The fraction of sp³-hybridized carbons (Fsp3) is 0.308. The van der Waals surface area contributed by atoms with Crippen LogP contribution >= 0.6 is 11.8 Å². The van der Waals surface area contributed by atoms with Gasteiger partial charge in [-0.3, -0.25) is 14.4 Å². The van der Waals surface area contributed by atoms with Gasteiger partial charge in [0.25, 0.3) is 0 Å². The average molecular weight is 292 g/mol. The van der Waals surface area contributed by atoms with Crippen molar-refractivity contribution in [3.05, 3.63) is 18.2 Å². The van der Waals surface area contributed by atoms with Crippen LogP contribution in [0.3, 0.4) is 0 Å². The fourth-order valence-corrected chi connectivity index (χ4v) is 2.86. The number of carboxylic acids is 1. The van der Waals surface area contributed by atoms with Gasteiger partial charge in [0.15, 0.2) is 0 Å². The molecule has 0 bridgehead atoms. The molecule has 7 heteroatoms. The molecule has 0 spiro atoms. The lowest BCUT2D eigenvalue weighted by Gasteiger charge is -2.18. The first-order valence-corrected chi connectivity index (χ1v) is 7.11. The number of rotatable bonds is 3. The predicted octanol–water partition coefficient (Wildman–Crippen LogP) is 1.53. The smallest absolute Gasteiger partial charge is 0.319 e. The number of carbonyl (C=O) groups excluding carboxylic acids is 2. The van der Waals surface area contributed by atoms with E-state index in [1.54, 1.807) is 18.2 Å². The second kappa shape index (κ2) is 4.52. The van der Waals surface area contributed by atoms with Crippen molar-refractivity contribution in [2.24, 2.45) is 5.41 Å². The van der Waals surface area contributed by atoms with E-state index < -0.39 is 17.3 Å². The first-order valence-electron chi connectivity index (χ1n) is 6.13. The number of nitrogens with one attached hydrogen (secondary N) is 2. The normalized spacial score (nSPS) is 18.7. The Morgan fingerprint density at radius 1 is 1.35 bits per heavy atom. The van der Waals surface area contributed by atoms with Crippen LogP contribution in [0, 0.1) is 5.41 Å². The summed E-state index contributed by atoms with van der Waals surface area (Å²) in [7, 11) is 0. The van der Waals surface area contributed by atoms with Gasteiger partial charge in [0.2, 0.25) is 11.8 Å². The molecule has 2 aliphatic rings. The third kappa shape index (κ3) is 2.14. The van der Waals surface area contributed by atoms with Gasteiger partial charge < -0.3 is 15.7 Å². The summed E-state index contributed by atoms with van der Waals surface area (Å²) in [5, 5.41) is 14.4. The molecule has 0 aromatic heterocycles. The van der Waals surface area contributed by atoms with Gasteiger partial charge in [0, 0.05) is 10.6 Å².